The van der Waals surface area contributed by atoms with Crippen molar-refractivity contribution in [3.8, 4) is 0 Å². The summed E-state index contributed by atoms with van der Waals surface area (Å²) in [6.07, 6.45) is 0. The second-order valence-electron chi connectivity index (χ2n) is 4.72. The highest BCUT2D eigenvalue weighted by molar-refractivity contribution is 7.10. The van der Waals surface area contributed by atoms with Gasteiger partial charge in [0.05, 0.1) is 12.2 Å². The van der Waals surface area contributed by atoms with Gasteiger partial charge >= 0.3 is 0 Å². The van der Waals surface area contributed by atoms with E-state index >= 15 is 0 Å². The largest absolute Gasteiger partial charge is 0.310 e. The zero-order valence-corrected chi connectivity index (χ0v) is 12.4. The first-order valence-corrected chi connectivity index (χ1v) is 7.22. The van der Waals surface area contributed by atoms with Gasteiger partial charge in [-0.05, 0) is 50.3 Å². The molecule has 0 aliphatic heterocycles. The number of hydrogen-bond donors (Lipinski definition) is 1. The van der Waals surface area contributed by atoms with Gasteiger partial charge in [0.1, 0.15) is 0 Å². The predicted octanol–water partition coefficient (Wildman–Crippen LogP) is 2.97. The molecule has 18 heavy (non-hydrogen) atoms. The molecule has 0 spiro atoms. The first kappa shape index (κ1) is 13.3. The van der Waals surface area contributed by atoms with Crippen molar-refractivity contribution in [1.82, 2.24) is 15.1 Å². The van der Waals surface area contributed by atoms with Gasteiger partial charge in [-0.15, -0.1) is 11.3 Å². The van der Waals surface area contributed by atoms with Crippen molar-refractivity contribution in [3.63, 3.8) is 0 Å². The molecule has 2 aromatic heterocycles. The normalized spacial score (nSPS) is 11.1. The van der Waals surface area contributed by atoms with E-state index in [1.165, 1.54) is 21.7 Å². The number of rotatable bonds is 5. The van der Waals surface area contributed by atoms with Crippen molar-refractivity contribution in [2.45, 2.75) is 40.8 Å². The molecule has 0 aliphatic carbocycles. The summed E-state index contributed by atoms with van der Waals surface area (Å²) in [7, 11) is 0. The number of aromatic nitrogens is 2. The highest BCUT2D eigenvalue weighted by atomic mass is 32.1. The third-order valence-electron chi connectivity index (χ3n) is 3.50. The molecule has 2 heterocycles. The lowest BCUT2D eigenvalue weighted by Gasteiger charge is -2.06. The van der Waals surface area contributed by atoms with Crippen LogP contribution in [0.3, 0.4) is 0 Å². The molecule has 2 rings (SSSR count). The van der Waals surface area contributed by atoms with Crippen LogP contribution in [0.5, 0.6) is 0 Å². The molecule has 0 unspecified atom stereocenters. The summed E-state index contributed by atoms with van der Waals surface area (Å²) in [6.45, 7) is 11.4. The number of nitrogens with zero attached hydrogens (tertiary/aromatic N) is 2. The summed E-state index contributed by atoms with van der Waals surface area (Å²) >= 11 is 1.82. The second-order valence-corrected chi connectivity index (χ2v) is 5.72. The van der Waals surface area contributed by atoms with Crippen LogP contribution in [-0.4, -0.2) is 16.3 Å². The van der Waals surface area contributed by atoms with Gasteiger partial charge in [0.2, 0.25) is 0 Å². The van der Waals surface area contributed by atoms with Crippen LogP contribution in [0.1, 0.15) is 27.4 Å². The van der Waals surface area contributed by atoms with Gasteiger partial charge in [-0.2, -0.15) is 5.10 Å². The predicted molar refractivity (Wildman–Crippen MR) is 77.2 cm³/mol. The maximum atomic E-state index is 4.54. The van der Waals surface area contributed by atoms with Gasteiger partial charge in [0.25, 0.3) is 0 Å². The summed E-state index contributed by atoms with van der Waals surface area (Å²) in [5.41, 5.74) is 5.11. The molecule has 0 aliphatic rings. The average Bonchev–Trinajstić information content (AvgIpc) is 2.85. The third kappa shape index (κ3) is 2.82. The van der Waals surface area contributed by atoms with E-state index in [1.807, 2.05) is 11.3 Å². The van der Waals surface area contributed by atoms with E-state index in [0.717, 1.165) is 25.3 Å². The van der Waals surface area contributed by atoms with Crippen LogP contribution in [0.15, 0.2) is 11.4 Å². The van der Waals surface area contributed by atoms with Gasteiger partial charge in [0, 0.05) is 23.7 Å². The van der Waals surface area contributed by atoms with Crippen LogP contribution < -0.4 is 5.32 Å². The van der Waals surface area contributed by atoms with E-state index < -0.39 is 0 Å². The Morgan fingerprint density at radius 2 is 2.06 bits per heavy atom. The molecule has 0 atom stereocenters. The van der Waals surface area contributed by atoms with Crippen molar-refractivity contribution >= 4 is 11.3 Å². The fourth-order valence-corrected chi connectivity index (χ4v) is 2.85. The van der Waals surface area contributed by atoms with Crippen LogP contribution in [-0.2, 0) is 13.1 Å². The Kier molecular flexibility index (Phi) is 4.19. The van der Waals surface area contributed by atoms with Crippen molar-refractivity contribution in [1.29, 1.82) is 0 Å². The van der Waals surface area contributed by atoms with Crippen LogP contribution in [0.4, 0.5) is 0 Å². The molecule has 2 aromatic rings. The van der Waals surface area contributed by atoms with Gasteiger partial charge in [-0.1, -0.05) is 0 Å². The Bertz CT molecular complexity index is 525. The van der Waals surface area contributed by atoms with Gasteiger partial charge < -0.3 is 5.32 Å². The van der Waals surface area contributed by atoms with E-state index in [1.54, 1.807) is 0 Å². The number of thiophene rings is 1. The first-order valence-electron chi connectivity index (χ1n) is 6.34. The SMILES string of the molecule is Cc1ccsc1CNCCn1nc(C)c(C)c1C. The molecule has 3 nitrogen and oxygen atoms in total. The first-order chi connectivity index (χ1) is 8.59. The quantitative estimate of drug-likeness (QED) is 0.841. The summed E-state index contributed by atoms with van der Waals surface area (Å²) in [6, 6.07) is 2.17. The van der Waals surface area contributed by atoms with E-state index in [0.29, 0.717) is 0 Å². The van der Waals surface area contributed by atoms with Crippen molar-refractivity contribution < 1.29 is 0 Å². The zero-order valence-electron chi connectivity index (χ0n) is 11.6. The molecule has 1 N–H and O–H groups in total. The Labute approximate surface area is 113 Å². The number of hydrogen-bond acceptors (Lipinski definition) is 3. The minimum atomic E-state index is 0.935. The second kappa shape index (κ2) is 5.67. The van der Waals surface area contributed by atoms with Crippen molar-refractivity contribution in [2.24, 2.45) is 0 Å². The van der Waals surface area contributed by atoms with Crippen molar-refractivity contribution in [2.75, 3.05) is 6.54 Å². The Hall–Kier alpha value is -1.13. The monoisotopic (exact) mass is 263 g/mol. The van der Waals surface area contributed by atoms with E-state index in [4.69, 9.17) is 0 Å². The van der Waals surface area contributed by atoms with Gasteiger partial charge in [0.15, 0.2) is 0 Å². The minimum absolute atomic E-state index is 0.935. The summed E-state index contributed by atoms with van der Waals surface area (Å²) in [4.78, 5) is 1.43. The lowest BCUT2D eigenvalue weighted by Crippen LogP contribution is -2.20. The average molecular weight is 263 g/mol. The maximum absolute atomic E-state index is 4.54. The molecule has 4 heteroatoms. The number of nitrogens with one attached hydrogen (secondary N) is 1. The van der Waals surface area contributed by atoms with Crippen LogP contribution in [0.25, 0.3) is 0 Å². The van der Waals surface area contributed by atoms with Crippen molar-refractivity contribution in [3.05, 3.63) is 38.8 Å². The van der Waals surface area contributed by atoms with Crippen LogP contribution in [0.2, 0.25) is 0 Å². The lowest BCUT2D eigenvalue weighted by molar-refractivity contribution is 0.543. The molecule has 0 saturated heterocycles. The molecule has 0 saturated carbocycles. The molecule has 0 amide bonds. The van der Waals surface area contributed by atoms with Crippen LogP contribution in [0, 0.1) is 27.7 Å². The minimum Gasteiger partial charge on any atom is -0.310 e. The van der Waals surface area contributed by atoms with E-state index in [-0.39, 0.29) is 0 Å². The van der Waals surface area contributed by atoms with E-state index in [2.05, 4.69) is 54.2 Å². The Morgan fingerprint density at radius 1 is 1.28 bits per heavy atom. The summed E-state index contributed by atoms with van der Waals surface area (Å²) in [5, 5.41) is 10.2. The Morgan fingerprint density at radius 3 is 2.61 bits per heavy atom. The Balaban J connectivity index is 1.82. The molecule has 0 aromatic carbocycles. The van der Waals surface area contributed by atoms with Crippen LogP contribution >= 0.6 is 11.3 Å². The summed E-state index contributed by atoms with van der Waals surface area (Å²) in [5.74, 6) is 0. The smallest absolute Gasteiger partial charge is 0.0625 e. The molecule has 0 bridgehead atoms. The third-order valence-corrected chi connectivity index (χ3v) is 4.52. The summed E-state index contributed by atoms with van der Waals surface area (Å²) < 4.78 is 2.10. The topological polar surface area (TPSA) is 29.9 Å². The lowest BCUT2D eigenvalue weighted by atomic mass is 10.2. The van der Waals surface area contributed by atoms with E-state index in [9.17, 15) is 0 Å². The standard InChI is InChI=1S/C14H21N3S/c1-10-5-8-18-14(10)9-15-6-7-17-13(4)11(2)12(3)16-17/h5,8,15H,6-7,9H2,1-4H3. The molecule has 98 valence electrons. The molecule has 0 radical (unpaired) electrons. The molecule has 0 fully saturated rings. The molecular weight excluding hydrogens is 242 g/mol. The van der Waals surface area contributed by atoms with Gasteiger partial charge in [-0.25, -0.2) is 0 Å². The highest BCUT2D eigenvalue weighted by Gasteiger charge is 2.06. The zero-order chi connectivity index (χ0) is 13.1. The van der Waals surface area contributed by atoms with Gasteiger partial charge in [-0.3, -0.25) is 4.68 Å². The molecular formula is C14H21N3S. The fraction of sp³-hybridized carbons (Fsp3) is 0.500. The number of aryl methyl sites for hydroxylation is 2. The fourth-order valence-electron chi connectivity index (χ4n) is 1.98. The maximum Gasteiger partial charge on any atom is 0.0625 e. The highest BCUT2D eigenvalue weighted by Crippen LogP contribution is 2.14.